The zero-order valence-electron chi connectivity index (χ0n) is 16.4. The number of fused-ring (bicyclic) bond motifs is 1. The van der Waals surface area contributed by atoms with E-state index in [0.29, 0.717) is 18.7 Å². The Morgan fingerprint density at radius 3 is 2.68 bits per heavy atom. The van der Waals surface area contributed by atoms with Crippen LogP contribution in [0.25, 0.3) is 0 Å². The largest absolute Gasteiger partial charge is 0.383 e. The van der Waals surface area contributed by atoms with Gasteiger partial charge in [0.05, 0.1) is 18.6 Å². The SMILES string of the molecule is COCCNC(=O)[C@H]1c2ccccc2C(=O)N(C2CC2)[C@H]1c1cccc(C)c1. The molecule has 2 atom stereocenters. The molecule has 2 amide bonds. The normalized spacial score (nSPS) is 21.4. The lowest BCUT2D eigenvalue weighted by Crippen LogP contribution is -2.48. The Bertz CT molecular complexity index is 891. The lowest BCUT2D eigenvalue weighted by atomic mass is 9.78. The molecule has 0 saturated heterocycles. The molecule has 1 N–H and O–H groups in total. The number of amides is 2. The molecule has 5 nitrogen and oxygen atoms in total. The second-order valence-corrected chi connectivity index (χ2v) is 7.65. The van der Waals surface area contributed by atoms with Crippen molar-refractivity contribution in [2.75, 3.05) is 20.3 Å². The van der Waals surface area contributed by atoms with Crippen molar-refractivity contribution in [1.29, 1.82) is 0 Å². The van der Waals surface area contributed by atoms with E-state index in [4.69, 9.17) is 4.74 Å². The van der Waals surface area contributed by atoms with Gasteiger partial charge in [-0.15, -0.1) is 0 Å². The molecule has 1 fully saturated rings. The minimum Gasteiger partial charge on any atom is -0.383 e. The first-order valence-electron chi connectivity index (χ1n) is 9.86. The number of hydrogen-bond donors (Lipinski definition) is 1. The molecule has 1 heterocycles. The number of hydrogen-bond acceptors (Lipinski definition) is 3. The minimum absolute atomic E-state index is 0.0329. The van der Waals surface area contributed by atoms with Crippen molar-refractivity contribution in [2.24, 2.45) is 0 Å². The van der Waals surface area contributed by atoms with Gasteiger partial charge in [0, 0.05) is 25.3 Å². The van der Waals surface area contributed by atoms with E-state index in [1.54, 1.807) is 7.11 Å². The van der Waals surface area contributed by atoms with Crippen molar-refractivity contribution in [3.05, 3.63) is 70.8 Å². The van der Waals surface area contributed by atoms with Crippen molar-refractivity contribution in [3.8, 4) is 0 Å². The van der Waals surface area contributed by atoms with Crippen LogP contribution in [0.3, 0.4) is 0 Å². The monoisotopic (exact) mass is 378 g/mol. The van der Waals surface area contributed by atoms with Gasteiger partial charge in [-0.2, -0.15) is 0 Å². The average Bonchev–Trinajstić information content (AvgIpc) is 3.53. The maximum absolute atomic E-state index is 13.4. The molecule has 0 aromatic heterocycles. The number of aryl methyl sites for hydroxylation is 1. The van der Waals surface area contributed by atoms with E-state index >= 15 is 0 Å². The molecular weight excluding hydrogens is 352 g/mol. The molecular formula is C23H26N2O3. The van der Waals surface area contributed by atoms with E-state index < -0.39 is 5.92 Å². The van der Waals surface area contributed by atoms with Crippen LogP contribution in [0.4, 0.5) is 0 Å². The molecule has 0 bridgehead atoms. The zero-order chi connectivity index (χ0) is 19.7. The Balaban J connectivity index is 1.82. The first-order chi connectivity index (χ1) is 13.6. The quantitative estimate of drug-likeness (QED) is 0.786. The number of ether oxygens (including phenoxy) is 1. The maximum atomic E-state index is 13.4. The second-order valence-electron chi connectivity index (χ2n) is 7.65. The Kier molecular flexibility index (Phi) is 5.18. The van der Waals surface area contributed by atoms with Gasteiger partial charge in [-0.1, -0.05) is 48.0 Å². The summed E-state index contributed by atoms with van der Waals surface area (Å²) in [4.78, 5) is 28.6. The Morgan fingerprint density at radius 2 is 1.96 bits per heavy atom. The van der Waals surface area contributed by atoms with Gasteiger partial charge in [-0.05, 0) is 37.0 Å². The summed E-state index contributed by atoms with van der Waals surface area (Å²) in [5.74, 6) is -0.465. The van der Waals surface area contributed by atoms with E-state index in [1.165, 1.54) is 0 Å². The van der Waals surface area contributed by atoms with E-state index in [-0.39, 0.29) is 23.9 Å². The van der Waals surface area contributed by atoms with E-state index in [9.17, 15) is 9.59 Å². The molecule has 2 aliphatic rings. The van der Waals surface area contributed by atoms with Crippen LogP contribution in [0.5, 0.6) is 0 Å². The number of methoxy groups -OCH3 is 1. The number of nitrogens with one attached hydrogen (secondary N) is 1. The highest BCUT2D eigenvalue weighted by Gasteiger charge is 2.48. The van der Waals surface area contributed by atoms with Crippen LogP contribution in [0.15, 0.2) is 48.5 Å². The van der Waals surface area contributed by atoms with Crippen LogP contribution in [0.1, 0.15) is 51.8 Å². The fourth-order valence-electron chi connectivity index (χ4n) is 4.18. The molecule has 0 spiro atoms. The van der Waals surface area contributed by atoms with Crippen molar-refractivity contribution in [2.45, 2.75) is 37.8 Å². The van der Waals surface area contributed by atoms with Gasteiger partial charge in [0.2, 0.25) is 5.91 Å². The summed E-state index contributed by atoms with van der Waals surface area (Å²) < 4.78 is 5.08. The highest BCUT2D eigenvalue weighted by atomic mass is 16.5. The zero-order valence-corrected chi connectivity index (χ0v) is 16.4. The van der Waals surface area contributed by atoms with Crippen LogP contribution in [-0.4, -0.2) is 43.0 Å². The summed E-state index contributed by atoms with van der Waals surface area (Å²) in [5, 5.41) is 3.00. The molecule has 5 heteroatoms. The predicted molar refractivity (Wildman–Crippen MR) is 107 cm³/mol. The van der Waals surface area contributed by atoms with Gasteiger partial charge in [0.1, 0.15) is 0 Å². The molecule has 0 unspecified atom stereocenters. The van der Waals surface area contributed by atoms with Crippen molar-refractivity contribution in [3.63, 3.8) is 0 Å². The summed E-state index contributed by atoms with van der Waals surface area (Å²) in [5.41, 5.74) is 3.59. The molecule has 1 aliphatic carbocycles. The van der Waals surface area contributed by atoms with Gasteiger partial charge >= 0.3 is 0 Å². The molecule has 2 aromatic carbocycles. The third-order valence-corrected chi connectivity index (χ3v) is 5.59. The van der Waals surface area contributed by atoms with Gasteiger partial charge < -0.3 is 15.0 Å². The van der Waals surface area contributed by atoms with E-state index in [0.717, 1.165) is 29.5 Å². The molecule has 4 rings (SSSR count). The van der Waals surface area contributed by atoms with Crippen LogP contribution in [-0.2, 0) is 9.53 Å². The fourth-order valence-corrected chi connectivity index (χ4v) is 4.18. The van der Waals surface area contributed by atoms with Gasteiger partial charge in [-0.3, -0.25) is 9.59 Å². The second kappa shape index (κ2) is 7.76. The minimum atomic E-state index is -0.437. The maximum Gasteiger partial charge on any atom is 0.254 e. The van der Waals surface area contributed by atoms with Crippen LogP contribution in [0, 0.1) is 6.92 Å². The highest BCUT2D eigenvalue weighted by Crippen LogP contribution is 2.47. The number of nitrogens with zero attached hydrogens (tertiary/aromatic N) is 1. The first kappa shape index (κ1) is 18.7. The predicted octanol–water partition coefficient (Wildman–Crippen LogP) is 3.20. The first-order valence-corrected chi connectivity index (χ1v) is 9.86. The van der Waals surface area contributed by atoms with Crippen LogP contribution < -0.4 is 5.32 Å². The van der Waals surface area contributed by atoms with Gasteiger partial charge in [0.15, 0.2) is 0 Å². The molecule has 146 valence electrons. The highest BCUT2D eigenvalue weighted by molar-refractivity contribution is 6.01. The van der Waals surface area contributed by atoms with Gasteiger partial charge in [0.25, 0.3) is 5.91 Å². The van der Waals surface area contributed by atoms with Crippen molar-refractivity contribution >= 4 is 11.8 Å². The number of rotatable bonds is 6. The van der Waals surface area contributed by atoms with Crippen molar-refractivity contribution in [1.82, 2.24) is 10.2 Å². The van der Waals surface area contributed by atoms with Crippen LogP contribution in [0.2, 0.25) is 0 Å². The van der Waals surface area contributed by atoms with Crippen LogP contribution >= 0.6 is 0 Å². The summed E-state index contributed by atoms with van der Waals surface area (Å²) in [6.07, 6.45) is 1.99. The average molecular weight is 378 g/mol. The van der Waals surface area contributed by atoms with E-state index in [1.807, 2.05) is 54.3 Å². The summed E-state index contributed by atoms with van der Waals surface area (Å²) in [6, 6.07) is 15.6. The number of carbonyl (C=O) groups is 2. The Morgan fingerprint density at radius 1 is 1.18 bits per heavy atom. The molecule has 28 heavy (non-hydrogen) atoms. The molecule has 2 aromatic rings. The van der Waals surface area contributed by atoms with E-state index in [2.05, 4.69) is 11.4 Å². The molecule has 0 radical (unpaired) electrons. The molecule has 1 aliphatic heterocycles. The Hall–Kier alpha value is -2.66. The summed E-state index contributed by atoms with van der Waals surface area (Å²) >= 11 is 0. The third kappa shape index (κ3) is 3.42. The Labute approximate surface area is 165 Å². The smallest absolute Gasteiger partial charge is 0.254 e. The summed E-state index contributed by atoms with van der Waals surface area (Å²) in [7, 11) is 1.62. The number of benzene rings is 2. The standard InChI is InChI=1S/C23H26N2O3/c1-15-6-5-7-16(14-15)21-20(22(26)24-12-13-28-2)18-8-3-4-9-19(18)23(27)25(21)17-10-11-17/h3-9,14,17,20-21H,10-13H2,1-2H3,(H,24,26)/t20-,21-/m0/s1. The topological polar surface area (TPSA) is 58.6 Å². The summed E-state index contributed by atoms with van der Waals surface area (Å²) in [6.45, 7) is 2.95. The van der Waals surface area contributed by atoms with Gasteiger partial charge in [-0.25, -0.2) is 0 Å². The third-order valence-electron chi connectivity index (χ3n) is 5.59. The number of carbonyl (C=O) groups excluding carboxylic acids is 2. The lowest BCUT2D eigenvalue weighted by Gasteiger charge is -2.42. The molecule has 1 saturated carbocycles. The lowest BCUT2D eigenvalue weighted by molar-refractivity contribution is -0.124. The fraction of sp³-hybridized carbons (Fsp3) is 0.391. The van der Waals surface area contributed by atoms with Crippen molar-refractivity contribution < 1.29 is 14.3 Å².